The molecule has 0 aliphatic carbocycles. The Kier molecular flexibility index (Phi) is 4.44. The van der Waals surface area contributed by atoms with Crippen molar-refractivity contribution in [2.75, 3.05) is 4.72 Å². The lowest BCUT2D eigenvalue weighted by molar-refractivity contribution is 0.586. The minimum atomic E-state index is 0.200. The van der Waals surface area contributed by atoms with E-state index in [4.69, 9.17) is 0 Å². The normalized spacial score (nSPS) is 11.4. The van der Waals surface area contributed by atoms with Crippen molar-refractivity contribution >= 4 is 17.6 Å². The number of aryl methyl sites for hydroxylation is 2. The predicted molar refractivity (Wildman–Crippen MR) is 90.5 cm³/mol. The van der Waals surface area contributed by atoms with Crippen molar-refractivity contribution in [3.05, 3.63) is 59.2 Å². The van der Waals surface area contributed by atoms with Gasteiger partial charge in [-0.2, -0.15) is 0 Å². The van der Waals surface area contributed by atoms with Crippen LogP contribution in [0.1, 0.15) is 37.5 Å². The van der Waals surface area contributed by atoms with Gasteiger partial charge in [-0.15, -0.1) is 0 Å². The fourth-order valence-electron chi connectivity index (χ4n) is 2.35. The van der Waals surface area contributed by atoms with Crippen molar-refractivity contribution < 1.29 is 0 Å². The molecule has 0 aliphatic heterocycles. The van der Waals surface area contributed by atoms with Crippen LogP contribution in [0.4, 0.5) is 5.69 Å². The second-order valence-corrected chi connectivity index (χ2v) is 7.10. The molecular weight excluding hydrogens is 262 g/mol. The lowest BCUT2D eigenvalue weighted by Crippen LogP contribution is -2.12. The van der Waals surface area contributed by atoms with E-state index in [1.807, 2.05) is 0 Å². The molecule has 0 atom stereocenters. The molecule has 0 saturated heterocycles. The SMILES string of the molecule is Cc1ccccc1SNc1ccc(C(C)(C)C)c(C)c1. The molecule has 2 heteroatoms. The van der Waals surface area contributed by atoms with Gasteiger partial charge in [-0.1, -0.05) is 45.0 Å². The molecule has 0 amide bonds. The molecule has 0 aromatic heterocycles. The summed E-state index contributed by atoms with van der Waals surface area (Å²) in [5.41, 5.74) is 5.40. The maximum atomic E-state index is 3.44. The number of hydrogen-bond acceptors (Lipinski definition) is 2. The summed E-state index contributed by atoms with van der Waals surface area (Å²) >= 11 is 1.67. The van der Waals surface area contributed by atoms with Crippen molar-refractivity contribution in [2.24, 2.45) is 0 Å². The summed E-state index contributed by atoms with van der Waals surface area (Å²) < 4.78 is 3.44. The molecule has 106 valence electrons. The number of hydrogen-bond donors (Lipinski definition) is 1. The molecule has 0 radical (unpaired) electrons. The first kappa shape index (κ1) is 15.0. The van der Waals surface area contributed by atoms with Gasteiger partial charge >= 0.3 is 0 Å². The maximum Gasteiger partial charge on any atom is 0.0446 e. The van der Waals surface area contributed by atoms with Gasteiger partial charge in [-0.3, -0.25) is 0 Å². The van der Waals surface area contributed by atoms with Gasteiger partial charge in [0.15, 0.2) is 0 Å². The average Bonchev–Trinajstić information content (AvgIpc) is 2.36. The highest BCUT2D eigenvalue weighted by molar-refractivity contribution is 8.00. The predicted octanol–water partition coefficient (Wildman–Crippen LogP) is 5.72. The Morgan fingerprint density at radius 1 is 0.900 bits per heavy atom. The van der Waals surface area contributed by atoms with Crippen molar-refractivity contribution in [3.63, 3.8) is 0 Å². The van der Waals surface area contributed by atoms with Crippen molar-refractivity contribution in [1.82, 2.24) is 0 Å². The van der Waals surface area contributed by atoms with E-state index < -0.39 is 0 Å². The molecule has 0 bridgehead atoms. The van der Waals surface area contributed by atoms with Gasteiger partial charge in [0.2, 0.25) is 0 Å². The zero-order valence-corrected chi connectivity index (χ0v) is 13.8. The first-order chi connectivity index (χ1) is 9.38. The van der Waals surface area contributed by atoms with Crippen LogP contribution in [0.5, 0.6) is 0 Å². The molecular formula is C18H23NS. The molecule has 0 aliphatic rings. The molecule has 0 heterocycles. The van der Waals surface area contributed by atoms with Crippen LogP contribution in [-0.2, 0) is 5.41 Å². The van der Waals surface area contributed by atoms with E-state index in [0.717, 1.165) is 5.69 Å². The van der Waals surface area contributed by atoms with Crippen molar-refractivity contribution in [1.29, 1.82) is 0 Å². The second-order valence-electron chi connectivity index (χ2n) is 6.25. The minimum absolute atomic E-state index is 0.200. The Morgan fingerprint density at radius 3 is 2.20 bits per heavy atom. The van der Waals surface area contributed by atoms with Gasteiger partial charge < -0.3 is 4.72 Å². The summed E-state index contributed by atoms with van der Waals surface area (Å²) in [5.74, 6) is 0. The summed E-state index contributed by atoms with van der Waals surface area (Å²) in [5, 5.41) is 0. The molecule has 1 nitrogen and oxygen atoms in total. The largest absolute Gasteiger partial charge is 0.326 e. The van der Waals surface area contributed by atoms with E-state index in [1.54, 1.807) is 11.9 Å². The van der Waals surface area contributed by atoms with E-state index in [9.17, 15) is 0 Å². The summed E-state index contributed by atoms with van der Waals surface area (Å²) in [4.78, 5) is 1.27. The van der Waals surface area contributed by atoms with Gasteiger partial charge in [0.25, 0.3) is 0 Å². The lowest BCUT2D eigenvalue weighted by atomic mass is 9.84. The topological polar surface area (TPSA) is 12.0 Å². The smallest absolute Gasteiger partial charge is 0.0446 e. The Morgan fingerprint density at radius 2 is 1.60 bits per heavy atom. The average molecular weight is 285 g/mol. The Balaban J connectivity index is 2.12. The number of anilines is 1. The van der Waals surface area contributed by atoms with Crippen LogP contribution < -0.4 is 4.72 Å². The van der Waals surface area contributed by atoms with E-state index >= 15 is 0 Å². The highest BCUT2D eigenvalue weighted by atomic mass is 32.2. The van der Waals surface area contributed by atoms with E-state index in [0.29, 0.717) is 0 Å². The first-order valence-electron chi connectivity index (χ1n) is 6.97. The zero-order chi connectivity index (χ0) is 14.8. The fraction of sp³-hybridized carbons (Fsp3) is 0.333. The standard InChI is InChI=1S/C18H23NS/c1-13-8-6-7-9-17(13)20-19-15-10-11-16(14(2)12-15)18(3,4)5/h6-12,19H,1-5H3. The van der Waals surface area contributed by atoms with Gasteiger partial charge in [-0.05, 0) is 66.1 Å². The van der Waals surface area contributed by atoms with Gasteiger partial charge in [0.1, 0.15) is 0 Å². The fourth-order valence-corrected chi connectivity index (χ4v) is 3.08. The molecule has 2 aromatic carbocycles. The molecule has 0 saturated carbocycles. The van der Waals surface area contributed by atoms with Crippen molar-refractivity contribution in [3.8, 4) is 0 Å². The minimum Gasteiger partial charge on any atom is -0.326 e. The van der Waals surface area contributed by atoms with Crippen LogP contribution in [0.25, 0.3) is 0 Å². The summed E-state index contributed by atoms with van der Waals surface area (Å²) in [6, 6.07) is 15.1. The molecule has 0 fully saturated rings. The summed E-state index contributed by atoms with van der Waals surface area (Å²) in [6.45, 7) is 11.1. The van der Waals surface area contributed by atoms with Gasteiger partial charge in [-0.25, -0.2) is 0 Å². The number of nitrogens with one attached hydrogen (secondary N) is 1. The van der Waals surface area contributed by atoms with Crippen LogP contribution >= 0.6 is 11.9 Å². The zero-order valence-electron chi connectivity index (χ0n) is 12.9. The van der Waals surface area contributed by atoms with Crippen LogP contribution in [0.3, 0.4) is 0 Å². The molecule has 2 rings (SSSR count). The van der Waals surface area contributed by atoms with Crippen molar-refractivity contribution in [2.45, 2.75) is 44.9 Å². The second kappa shape index (κ2) is 5.92. The quantitative estimate of drug-likeness (QED) is 0.724. The summed E-state index contributed by atoms with van der Waals surface area (Å²) in [6.07, 6.45) is 0. The van der Waals surface area contributed by atoms with E-state index in [2.05, 4.69) is 81.8 Å². The third kappa shape index (κ3) is 3.57. The van der Waals surface area contributed by atoms with E-state index in [1.165, 1.54) is 21.6 Å². The molecule has 2 aromatic rings. The van der Waals surface area contributed by atoms with Crippen LogP contribution in [0, 0.1) is 13.8 Å². The lowest BCUT2D eigenvalue weighted by Gasteiger charge is -2.22. The highest BCUT2D eigenvalue weighted by Crippen LogP contribution is 2.29. The molecule has 20 heavy (non-hydrogen) atoms. The Labute approximate surface area is 126 Å². The number of rotatable bonds is 3. The summed E-state index contributed by atoms with van der Waals surface area (Å²) in [7, 11) is 0. The molecule has 0 spiro atoms. The monoisotopic (exact) mass is 285 g/mol. The van der Waals surface area contributed by atoms with Gasteiger partial charge in [0, 0.05) is 10.6 Å². The van der Waals surface area contributed by atoms with E-state index in [-0.39, 0.29) is 5.41 Å². The maximum absolute atomic E-state index is 3.44. The van der Waals surface area contributed by atoms with Gasteiger partial charge in [0.05, 0.1) is 0 Å². The molecule has 1 N–H and O–H groups in total. The van der Waals surface area contributed by atoms with Crippen LogP contribution in [0.2, 0.25) is 0 Å². The third-order valence-corrected chi connectivity index (χ3v) is 4.42. The van der Waals surface area contributed by atoms with Crippen LogP contribution in [0.15, 0.2) is 47.4 Å². The van der Waals surface area contributed by atoms with Crippen LogP contribution in [-0.4, -0.2) is 0 Å². The Bertz CT molecular complexity index is 597. The number of benzene rings is 2. The molecule has 0 unspecified atom stereocenters. The third-order valence-electron chi connectivity index (χ3n) is 3.41. The Hall–Kier alpha value is -1.41. The highest BCUT2D eigenvalue weighted by Gasteiger charge is 2.16. The first-order valence-corrected chi connectivity index (χ1v) is 7.79.